The highest BCUT2D eigenvalue weighted by molar-refractivity contribution is 6.32. The normalized spacial score (nSPS) is 18.9. The number of amides is 1. The number of anilines is 1. The van der Waals surface area contributed by atoms with Gasteiger partial charge >= 0.3 is 6.18 Å². The lowest BCUT2D eigenvalue weighted by Gasteiger charge is -2.21. The number of β-amino-alcohol motifs (C(OH)–C–C–N with tert-alkyl or cyclic N) is 2. The first-order valence-corrected chi connectivity index (χ1v) is 11.0. The fourth-order valence-corrected chi connectivity index (χ4v) is 4.12. The molecule has 37 heavy (non-hydrogen) atoms. The van der Waals surface area contributed by atoms with Gasteiger partial charge in [-0.1, -0.05) is 11.6 Å². The second kappa shape index (κ2) is 9.50. The van der Waals surface area contributed by atoms with E-state index in [1.807, 2.05) is 0 Å². The average molecular weight is 551 g/mol. The fraction of sp³-hybridized carbons (Fsp3) is 0.318. The standard InChI is InChI=1S/C22H17ClF6N4O4/c1-8(22(27,28)29)30-21(37)11-5-33(17-12(23)2-9(24)3-13(17)25)19-10(18(11)36)4-14(26)20(31-19)32-6-15(34)16(35)7-32/h2-5,8,15-16,34-35H,6-7H2,1H3,(H,30,37)/t8-,15-,16-/m1/s1. The molecule has 3 atom stereocenters. The Morgan fingerprint density at radius 3 is 2.32 bits per heavy atom. The van der Waals surface area contributed by atoms with Crippen LogP contribution in [0.15, 0.2) is 29.2 Å². The van der Waals surface area contributed by atoms with Gasteiger partial charge in [0.25, 0.3) is 5.91 Å². The van der Waals surface area contributed by atoms with Crippen molar-refractivity contribution in [1.29, 1.82) is 0 Å². The molecule has 2 aromatic heterocycles. The van der Waals surface area contributed by atoms with E-state index in [2.05, 4.69) is 4.98 Å². The summed E-state index contributed by atoms with van der Waals surface area (Å²) in [7, 11) is 0. The molecular weight excluding hydrogens is 534 g/mol. The van der Waals surface area contributed by atoms with Gasteiger partial charge in [0.1, 0.15) is 23.1 Å². The van der Waals surface area contributed by atoms with E-state index in [1.165, 1.54) is 0 Å². The van der Waals surface area contributed by atoms with Crippen molar-refractivity contribution < 1.29 is 41.4 Å². The Morgan fingerprint density at radius 1 is 1.14 bits per heavy atom. The highest BCUT2D eigenvalue weighted by atomic mass is 35.5. The van der Waals surface area contributed by atoms with E-state index in [-0.39, 0.29) is 13.1 Å². The van der Waals surface area contributed by atoms with Gasteiger partial charge in [0.05, 0.1) is 22.6 Å². The smallest absolute Gasteiger partial charge is 0.389 e. The van der Waals surface area contributed by atoms with E-state index in [0.717, 1.165) is 4.90 Å². The minimum Gasteiger partial charge on any atom is -0.389 e. The van der Waals surface area contributed by atoms with Gasteiger partial charge in [-0.25, -0.2) is 18.2 Å². The number of hydrogen-bond donors (Lipinski definition) is 3. The van der Waals surface area contributed by atoms with E-state index < -0.39 is 86.3 Å². The minimum atomic E-state index is -4.86. The SMILES string of the molecule is C[C@@H](NC(=O)c1cn(-c2c(F)cc(F)cc2Cl)c2nc(N3C[C@@H](O)[C@H](O)C3)c(F)cc2c1=O)C(F)(F)F. The molecule has 3 heterocycles. The van der Waals surface area contributed by atoms with Crippen LogP contribution in [0.4, 0.5) is 32.2 Å². The Morgan fingerprint density at radius 2 is 1.76 bits per heavy atom. The van der Waals surface area contributed by atoms with Crippen LogP contribution in [-0.4, -0.2) is 63.2 Å². The molecule has 1 fully saturated rings. The summed E-state index contributed by atoms with van der Waals surface area (Å²) in [5.41, 5.74) is -3.26. The van der Waals surface area contributed by atoms with Gasteiger partial charge < -0.3 is 20.4 Å². The van der Waals surface area contributed by atoms with E-state index in [0.29, 0.717) is 35.9 Å². The molecule has 0 saturated carbocycles. The molecule has 0 aliphatic carbocycles. The van der Waals surface area contributed by atoms with Crippen molar-refractivity contribution in [2.75, 3.05) is 18.0 Å². The monoisotopic (exact) mass is 550 g/mol. The first kappa shape index (κ1) is 26.7. The Hall–Kier alpha value is -3.36. The summed E-state index contributed by atoms with van der Waals surface area (Å²) in [6.07, 6.45) is -6.69. The molecule has 0 spiro atoms. The molecule has 15 heteroatoms. The van der Waals surface area contributed by atoms with Crippen LogP contribution in [-0.2, 0) is 0 Å². The van der Waals surface area contributed by atoms with Gasteiger partial charge in [0.15, 0.2) is 23.1 Å². The van der Waals surface area contributed by atoms with Gasteiger partial charge in [-0.3, -0.25) is 14.2 Å². The summed E-state index contributed by atoms with van der Waals surface area (Å²) in [6.45, 7) is 0.130. The highest BCUT2D eigenvalue weighted by Gasteiger charge is 2.38. The summed E-state index contributed by atoms with van der Waals surface area (Å²) in [6, 6.07) is -0.617. The molecule has 4 rings (SSSR count). The van der Waals surface area contributed by atoms with Crippen molar-refractivity contribution in [2.24, 2.45) is 0 Å². The maximum atomic E-state index is 15.0. The molecule has 0 radical (unpaired) electrons. The fourth-order valence-electron chi connectivity index (χ4n) is 3.83. The number of benzene rings is 1. The number of rotatable bonds is 4. The van der Waals surface area contributed by atoms with Crippen LogP contribution in [0.1, 0.15) is 17.3 Å². The lowest BCUT2D eigenvalue weighted by Crippen LogP contribution is -2.44. The number of alkyl halides is 3. The third-order valence-electron chi connectivity index (χ3n) is 5.78. The van der Waals surface area contributed by atoms with Gasteiger partial charge in [0, 0.05) is 25.4 Å². The van der Waals surface area contributed by atoms with Gasteiger partial charge in [0.2, 0.25) is 5.43 Å². The van der Waals surface area contributed by atoms with E-state index in [1.54, 1.807) is 5.32 Å². The molecule has 0 unspecified atom stereocenters. The molecule has 8 nitrogen and oxygen atoms in total. The number of aliphatic hydroxyl groups excluding tert-OH is 2. The number of fused-ring (bicyclic) bond motifs is 1. The van der Waals surface area contributed by atoms with Crippen molar-refractivity contribution in [2.45, 2.75) is 31.3 Å². The number of nitrogens with zero attached hydrogens (tertiary/aromatic N) is 3. The summed E-state index contributed by atoms with van der Waals surface area (Å²) in [4.78, 5) is 30.8. The van der Waals surface area contributed by atoms with Crippen LogP contribution in [0, 0.1) is 17.5 Å². The van der Waals surface area contributed by atoms with Crippen LogP contribution in [0.5, 0.6) is 0 Å². The van der Waals surface area contributed by atoms with Crippen molar-refractivity contribution in [3.8, 4) is 5.69 Å². The van der Waals surface area contributed by atoms with Gasteiger partial charge in [-0.2, -0.15) is 13.2 Å². The van der Waals surface area contributed by atoms with Gasteiger partial charge in [-0.15, -0.1) is 0 Å². The summed E-state index contributed by atoms with van der Waals surface area (Å²) in [5, 5.41) is 20.0. The number of nitrogens with one attached hydrogen (secondary N) is 1. The first-order valence-electron chi connectivity index (χ1n) is 10.6. The molecule has 1 saturated heterocycles. The third-order valence-corrected chi connectivity index (χ3v) is 6.07. The molecule has 1 aromatic carbocycles. The second-order valence-corrected chi connectivity index (χ2v) is 8.81. The van der Waals surface area contributed by atoms with Crippen LogP contribution in [0.25, 0.3) is 16.7 Å². The quantitative estimate of drug-likeness (QED) is 0.431. The molecule has 1 aliphatic rings. The molecule has 1 amide bonds. The number of aliphatic hydroxyl groups is 2. The number of carbonyl (C=O) groups excluding carboxylic acids is 1. The molecular formula is C22H17ClF6N4O4. The number of pyridine rings is 2. The topological polar surface area (TPSA) is 108 Å². The van der Waals surface area contributed by atoms with E-state index in [9.17, 15) is 41.8 Å². The molecule has 198 valence electrons. The van der Waals surface area contributed by atoms with Crippen LogP contribution in [0.2, 0.25) is 5.02 Å². The highest BCUT2D eigenvalue weighted by Crippen LogP contribution is 2.30. The average Bonchev–Trinajstić information content (AvgIpc) is 3.11. The van der Waals surface area contributed by atoms with Crippen LogP contribution >= 0.6 is 11.6 Å². The lowest BCUT2D eigenvalue weighted by atomic mass is 10.1. The number of aromatic nitrogens is 2. The zero-order valence-electron chi connectivity index (χ0n) is 18.7. The number of carbonyl (C=O) groups is 1. The first-order chi connectivity index (χ1) is 17.2. The lowest BCUT2D eigenvalue weighted by molar-refractivity contribution is -0.149. The summed E-state index contributed by atoms with van der Waals surface area (Å²) >= 11 is 6.02. The summed E-state index contributed by atoms with van der Waals surface area (Å²) < 4.78 is 83.2. The van der Waals surface area contributed by atoms with E-state index in [4.69, 9.17) is 11.6 Å². The third kappa shape index (κ3) is 4.95. The molecule has 1 aliphatic heterocycles. The Bertz CT molecular complexity index is 1430. The minimum absolute atomic E-state index is 0.248. The van der Waals surface area contributed by atoms with Crippen molar-refractivity contribution in [3.63, 3.8) is 0 Å². The Labute approximate surface area is 208 Å². The Balaban J connectivity index is 1.99. The molecule has 3 aromatic rings. The largest absolute Gasteiger partial charge is 0.408 e. The number of halogens is 7. The van der Waals surface area contributed by atoms with Crippen LogP contribution in [0.3, 0.4) is 0 Å². The zero-order chi connectivity index (χ0) is 27.4. The van der Waals surface area contributed by atoms with Crippen LogP contribution < -0.4 is 15.6 Å². The molecule has 0 bridgehead atoms. The predicted octanol–water partition coefficient (Wildman–Crippen LogP) is 2.68. The number of hydrogen-bond acceptors (Lipinski definition) is 6. The maximum absolute atomic E-state index is 15.0. The predicted molar refractivity (Wildman–Crippen MR) is 119 cm³/mol. The van der Waals surface area contributed by atoms with Crippen molar-refractivity contribution in [1.82, 2.24) is 14.9 Å². The van der Waals surface area contributed by atoms with Gasteiger partial charge in [-0.05, 0) is 19.1 Å². The maximum Gasteiger partial charge on any atom is 0.408 e. The molecule has 3 N–H and O–H groups in total. The zero-order valence-corrected chi connectivity index (χ0v) is 19.4. The Kier molecular flexibility index (Phi) is 6.86. The van der Waals surface area contributed by atoms with E-state index >= 15 is 4.39 Å². The van der Waals surface area contributed by atoms with Crippen molar-refractivity contribution in [3.05, 3.63) is 62.7 Å². The second-order valence-electron chi connectivity index (χ2n) is 8.40. The van der Waals surface area contributed by atoms with Crippen molar-refractivity contribution >= 4 is 34.4 Å². The summed E-state index contributed by atoms with van der Waals surface area (Å²) in [5.74, 6) is -5.46.